The molecule has 1 aromatic rings. The Kier molecular flexibility index (Phi) is 3.28. The van der Waals surface area contributed by atoms with Crippen molar-refractivity contribution in [2.24, 2.45) is 12.8 Å². The van der Waals surface area contributed by atoms with E-state index in [1.54, 1.807) is 4.68 Å². The molecule has 0 radical (unpaired) electrons. The van der Waals surface area contributed by atoms with Crippen LogP contribution in [0.4, 0.5) is 0 Å². The maximum atomic E-state index is 9.58. The van der Waals surface area contributed by atoms with Crippen LogP contribution in [-0.4, -0.2) is 45.0 Å². The molecule has 2 rings (SSSR count). The first-order valence-electron chi connectivity index (χ1n) is 5.74. The van der Waals surface area contributed by atoms with Gasteiger partial charge in [-0.05, 0) is 13.3 Å². The van der Waals surface area contributed by atoms with Gasteiger partial charge in [0.05, 0.1) is 18.3 Å². The van der Waals surface area contributed by atoms with Crippen LogP contribution in [0, 0.1) is 0 Å². The summed E-state index contributed by atoms with van der Waals surface area (Å²) in [7, 11) is 1.90. The van der Waals surface area contributed by atoms with Gasteiger partial charge in [0.25, 0.3) is 0 Å². The molecular formula is C11H20N4O. The predicted molar refractivity (Wildman–Crippen MR) is 61.8 cm³/mol. The lowest BCUT2D eigenvalue weighted by Crippen LogP contribution is -2.38. The number of aliphatic hydroxyl groups is 1. The fraction of sp³-hybridized carbons (Fsp3) is 0.727. The van der Waals surface area contributed by atoms with Crippen molar-refractivity contribution in [2.45, 2.75) is 31.5 Å². The highest BCUT2D eigenvalue weighted by Gasteiger charge is 2.30. The monoisotopic (exact) mass is 224 g/mol. The number of aromatic nitrogens is 2. The van der Waals surface area contributed by atoms with E-state index in [-0.39, 0.29) is 18.2 Å². The van der Waals surface area contributed by atoms with E-state index >= 15 is 0 Å². The smallest absolute Gasteiger partial charge is 0.0679 e. The number of β-amino-alcohol motifs (C(OH)–C–C–N with tert-alkyl or cyclic N) is 1. The van der Waals surface area contributed by atoms with Crippen molar-refractivity contribution < 1.29 is 5.11 Å². The number of nitrogens with two attached hydrogens (primary N) is 1. The molecule has 0 bridgehead atoms. The summed E-state index contributed by atoms with van der Waals surface area (Å²) < 4.78 is 1.79. The molecule has 1 fully saturated rings. The van der Waals surface area contributed by atoms with Crippen LogP contribution in [0.25, 0.3) is 0 Å². The molecule has 3 N–H and O–H groups in total. The average Bonchev–Trinajstić information content (AvgIpc) is 2.76. The third kappa shape index (κ3) is 2.26. The van der Waals surface area contributed by atoms with E-state index in [4.69, 9.17) is 5.73 Å². The van der Waals surface area contributed by atoms with Gasteiger partial charge in [-0.2, -0.15) is 5.10 Å². The second-order valence-electron chi connectivity index (χ2n) is 4.69. The Morgan fingerprint density at radius 3 is 2.81 bits per heavy atom. The number of nitrogens with zero attached hydrogens (tertiary/aromatic N) is 3. The van der Waals surface area contributed by atoms with Crippen molar-refractivity contribution >= 4 is 0 Å². The minimum Gasteiger partial charge on any atom is -0.392 e. The Balaban J connectivity index is 2.17. The Bertz CT molecular complexity index is 350. The van der Waals surface area contributed by atoms with Crippen LogP contribution < -0.4 is 5.73 Å². The molecule has 0 saturated carbocycles. The van der Waals surface area contributed by atoms with Crippen LogP contribution in [0.3, 0.4) is 0 Å². The van der Waals surface area contributed by atoms with Gasteiger partial charge in [-0.25, -0.2) is 0 Å². The molecule has 0 aliphatic carbocycles. The maximum Gasteiger partial charge on any atom is 0.0679 e. The molecule has 3 atom stereocenters. The van der Waals surface area contributed by atoms with Crippen LogP contribution in [-0.2, 0) is 7.05 Å². The summed E-state index contributed by atoms with van der Waals surface area (Å²) in [5.41, 5.74) is 7.17. The highest BCUT2D eigenvalue weighted by molar-refractivity contribution is 5.13. The van der Waals surface area contributed by atoms with Crippen molar-refractivity contribution in [3.63, 3.8) is 0 Å². The number of likely N-dealkylation sites (tertiary alicyclic amines) is 1. The van der Waals surface area contributed by atoms with Crippen LogP contribution in [0.15, 0.2) is 12.4 Å². The number of aryl methyl sites for hydroxylation is 1. The quantitative estimate of drug-likeness (QED) is 0.751. The molecule has 0 spiro atoms. The molecule has 1 aromatic heterocycles. The highest BCUT2D eigenvalue weighted by Crippen LogP contribution is 2.26. The van der Waals surface area contributed by atoms with Gasteiger partial charge in [0, 0.05) is 37.9 Å². The molecule has 3 unspecified atom stereocenters. The normalized spacial score (nSPS) is 25.9. The summed E-state index contributed by atoms with van der Waals surface area (Å²) in [6, 6.07) is 0.195. The molecule has 16 heavy (non-hydrogen) atoms. The average molecular weight is 224 g/mol. The van der Waals surface area contributed by atoms with Crippen molar-refractivity contribution in [1.82, 2.24) is 14.7 Å². The highest BCUT2D eigenvalue weighted by atomic mass is 16.3. The first-order chi connectivity index (χ1) is 7.58. The van der Waals surface area contributed by atoms with Gasteiger partial charge in [-0.15, -0.1) is 0 Å². The molecule has 0 aromatic carbocycles. The first-order valence-corrected chi connectivity index (χ1v) is 5.74. The third-order valence-corrected chi connectivity index (χ3v) is 3.15. The van der Waals surface area contributed by atoms with E-state index in [1.807, 2.05) is 26.4 Å². The Labute approximate surface area is 95.8 Å². The van der Waals surface area contributed by atoms with Crippen LogP contribution in [0.5, 0.6) is 0 Å². The minimum absolute atomic E-state index is 0.0366. The van der Waals surface area contributed by atoms with Crippen molar-refractivity contribution in [3.8, 4) is 0 Å². The van der Waals surface area contributed by atoms with E-state index in [1.165, 1.54) is 0 Å². The van der Waals surface area contributed by atoms with Gasteiger partial charge in [-0.1, -0.05) is 0 Å². The summed E-state index contributed by atoms with van der Waals surface area (Å²) >= 11 is 0. The Morgan fingerprint density at radius 2 is 2.38 bits per heavy atom. The lowest BCUT2D eigenvalue weighted by atomic mass is 10.0. The molecule has 1 aliphatic heterocycles. The molecular weight excluding hydrogens is 204 g/mol. The fourth-order valence-corrected chi connectivity index (χ4v) is 2.46. The van der Waals surface area contributed by atoms with Gasteiger partial charge in [0.1, 0.15) is 0 Å². The SMILES string of the molecule is CC(N)C(c1cnn(C)c1)N1CCC(O)C1. The maximum absolute atomic E-state index is 9.58. The lowest BCUT2D eigenvalue weighted by Gasteiger charge is -2.29. The minimum atomic E-state index is -0.210. The summed E-state index contributed by atoms with van der Waals surface area (Å²) in [4.78, 5) is 2.24. The molecule has 5 heteroatoms. The lowest BCUT2D eigenvalue weighted by molar-refractivity contribution is 0.151. The van der Waals surface area contributed by atoms with Crippen LogP contribution >= 0.6 is 0 Å². The first kappa shape index (κ1) is 11.6. The van der Waals surface area contributed by atoms with Gasteiger partial charge < -0.3 is 10.8 Å². The molecule has 2 heterocycles. The number of hydrogen-bond acceptors (Lipinski definition) is 4. The van der Waals surface area contributed by atoms with E-state index in [0.29, 0.717) is 6.54 Å². The van der Waals surface area contributed by atoms with Gasteiger partial charge >= 0.3 is 0 Å². The molecule has 5 nitrogen and oxygen atoms in total. The topological polar surface area (TPSA) is 67.3 Å². The third-order valence-electron chi connectivity index (χ3n) is 3.15. The van der Waals surface area contributed by atoms with E-state index in [9.17, 15) is 5.11 Å². The zero-order chi connectivity index (χ0) is 11.7. The Hall–Kier alpha value is -0.910. The zero-order valence-electron chi connectivity index (χ0n) is 9.87. The van der Waals surface area contributed by atoms with E-state index in [0.717, 1.165) is 18.5 Å². The van der Waals surface area contributed by atoms with Crippen molar-refractivity contribution in [3.05, 3.63) is 18.0 Å². The molecule has 1 saturated heterocycles. The van der Waals surface area contributed by atoms with Crippen molar-refractivity contribution in [2.75, 3.05) is 13.1 Å². The van der Waals surface area contributed by atoms with E-state index < -0.39 is 0 Å². The van der Waals surface area contributed by atoms with Gasteiger partial charge in [0.15, 0.2) is 0 Å². The molecule has 90 valence electrons. The Morgan fingerprint density at radius 1 is 1.62 bits per heavy atom. The number of rotatable bonds is 3. The molecule has 1 aliphatic rings. The standard InChI is InChI=1S/C11H20N4O/c1-8(12)11(9-5-13-14(2)6-9)15-4-3-10(16)7-15/h5-6,8,10-11,16H,3-4,7,12H2,1-2H3. The number of aliphatic hydroxyl groups excluding tert-OH is 1. The van der Waals surface area contributed by atoms with Crippen molar-refractivity contribution in [1.29, 1.82) is 0 Å². The second-order valence-corrected chi connectivity index (χ2v) is 4.69. The van der Waals surface area contributed by atoms with Crippen LogP contribution in [0.2, 0.25) is 0 Å². The molecule has 0 amide bonds. The van der Waals surface area contributed by atoms with E-state index in [2.05, 4.69) is 10.00 Å². The largest absolute Gasteiger partial charge is 0.392 e. The summed E-state index contributed by atoms with van der Waals surface area (Å²) in [6.45, 7) is 3.62. The zero-order valence-corrected chi connectivity index (χ0v) is 9.87. The summed E-state index contributed by atoms with van der Waals surface area (Å²) in [5, 5.41) is 13.8. The van der Waals surface area contributed by atoms with Crippen LogP contribution in [0.1, 0.15) is 24.9 Å². The fourth-order valence-electron chi connectivity index (χ4n) is 2.46. The summed E-state index contributed by atoms with van der Waals surface area (Å²) in [5.74, 6) is 0. The predicted octanol–water partition coefficient (Wildman–Crippen LogP) is -0.125. The number of hydrogen-bond donors (Lipinski definition) is 2. The summed E-state index contributed by atoms with van der Waals surface area (Å²) in [6.07, 6.45) is 4.49. The van der Waals surface area contributed by atoms with Gasteiger partial charge in [-0.3, -0.25) is 9.58 Å². The second kappa shape index (κ2) is 4.53. The van der Waals surface area contributed by atoms with Gasteiger partial charge in [0.2, 0.25) is 0 Å².